The lowest BCUT2D eigenvalue weighted by atomic mass is 10.1. The average molecular weight is 348 g/mol. The van der Waals surface area contributed by atoms with E-state index in [4.69, 9.17) is 4.74 Å². The van der Waals surface area contributed by atoms with Gasteiger partial charge in [-0.1, -0.05) is 28.1 Å². The lowest BCUT2D eigenvalue weighted by Crippen LogP contribution is -2.20. The molecule has 0 aromatic heterocycles. The van der Waals surface area contributed by atoms with Crippen molar-refractivity contribution in [3.63, 3.8) is 0 Å². The molecule has 0 atom stereocenters. The summed E-state index contributed by atoms with van der Waals surface area (Å²) in [5.41, 5.74) is 1.25. The number of ketones is 1. The van der Waals surface area contributed by atoms with Crippen molar-refractivity contribution in [2.45, 2.75) is 6.92 Å². The van der Waals surface area contributed by atoms with Gasteiger partial charge in [-0.15, -0.1) is 0 Å². The van der Waals surface area contributed by atoms with E-state index in [0.29, 0.717) is 17.0 Å². The highest BCUT2D eigenvalue weighted by Gasteiger charge is 2.05. The third-order valence-corrected chi connectivity index (χ3v) is 3.27. The second kappa shape index (κ2) is 7.04. The molecule has 2 rings (SSSR count). The minimum atomic E-state index is -0.259. The molecule has 2 aromatic carbocycles. The Kier molecular flexibility index (Phi) is 5.11. The summed E-state index contributed by atoms with van der Waals surface area (Å²) >= 11 is 3.33. The molecule has 0 saturated heterocycles. The predicted molar refractivity (Wildman–Crippen MR) is 84.7 cm³/mol. The highest BCUT2D eigenvalue weighted by molar-refractivity contribution is 9.10. The maximum atomic E-state index is 11.8. The van der Waals surface area contributed by atoms with Crippen LogP contribution in [0.2, 0.25) is 0 Å². The van der Waals surface area contributed by atoms with E-state index in [9.17, 15) is 9.59 Å². The molecule has 108 valence electrons. The summed E-state index contributed by atoms with van der Waals surface area (Å²) in [7, 11) is 0. The first kappa shape index (κ1) is 15.3. The molecule has 0 saturated carbocycles. The third-order valence-electron chi connectivity index (χ3n) is 2.74. The Balaban J connectivity index is 1.90. The minimum Gasteiger partial charge on any atom is -0.484 e. The highest BCUT2D eigenvalue weighted by atomic mass is 79.9. The van der Waals surface area contributed by atoms with Gasteiger partial charge >= 0.3 is 0 Å². The maximum absolute atomic E-state index is 11.8. The molecule has 0 heterocycles. The summed E-state index contributed by atoms with van der Waals surface area (Å²) in [6.45, 7) is 1.37. The lowest BCUT2D eigenvalue weighted by molar-refractivity contribution is -0.118. The molecule has 1 N–H and O–H groups in total. The van der Waals surface area contributed by atoms with Crippen molar-refractivity contribution in [1.29, 1.82) is 0 Å². The van der Waals surface area contributed by atoms with Gasteiger partial charge in [-0.05, 0) is 43.3 Å². The first-order valence-corrected chi connectivity index (χ1v) is 7.13. The van der Waals surface area contributed by atoms with Crippen LogP contribution in [0.15, 0.2) is 53.0 Å². The second-order valence-electron chi connectivity index (χ2n) is 4.43. The number of carbonyl (C=O) groups excluding carboxylic acids is 2. The Labute approximate surface area is 131 Å². The first-order valence-electron chi connectivity index (χ1n) is 6.34. The number of Topliss-reactive ketones (excluding diaryl/α,β-unsaturated/α-hetero) is 1. The van der Waals surface area contributed by atoms with Gasteiger partial charge in [0.1, 0.15) is 5.75 Å². The van der Waals surface area contributed by atoms with Gasteiger partial charge in [0.15, 0.2) is 12.4 Å². The van der Waals surface area contributed by atoms with Gasteiger partial charge in [0.05, 0.1) is 0 Å². The fourth-order valence-electron chi connectivity index (χ4n) is 1.68. The summed E-state index contributed by atoms with van der Waals surface area (Å²) in [6, 6.07) is 14.0. The normalized spacial score (nSPS) is 10.0. The SMILES string of the molecule is CC(=O)c1cccc(OCC(=O)Nc2ccc(Br)cc2)c1. The maximum Gasteiger partial charge on any atom is 0.262 e. The zero-order valence-electron chi connectivity index (χ0n) is 11.4. The molecular formula is C16H14BrNO3. The Bertz CT molecular complexity index is 653. The molecule has 0 aliphatic rings. The largest absolute Gasteiger partial charge is 0.484 e. The van der Waals surface area contributed by atoms with Gasteiger partial charge in [0.25, 0.3) is 5.91 Å². The quantitative estimate of drug-likeness (QED) is 0.839. The molecule has 21 heavy (non-hydrogen) atoms. The molecule has 2 aromatic rings. The second-order valence-corrected chi connectivity index (χ2v) is 5.34. The van der Waals surface area contributed by atoms with Gasteiger partial charge in [0.2, 0.25) is 0 Å². The molecule has 0 aliphatic heterocycles. The van der Waals surface area contributed by atoms with Crippen LogP contribution in [-0.2, 0) is 4.79 Å². The number of amides is 1. The number of ether oxygens (including phenoxy) is 1. The van der Waals surface area contributed by atoms with E-state index < -0.39 is 0 Å². The van der Waals surface area contributed by atoms with Crippen LogP contribution in [0.25, 0.3) is 0 Å². The van der Waals surface area contributed by atoms with E-state index in [2.05, 4.69) is 21.2 Å². The molecule has 0 unspecified atom stereocenters. The van der Waals surface area contributed by atoms with Crippen molar-refractivity contribution in [1.82, 2.24) is 0 Å². The summed E-state index contributed by atoms with van der Waals surface area (Å²) in [5.74, 6) is 0.193. The third kappa shape index (κ3) is 4.72. The number of benzene rings is 2. The van der Waals surface area contributed by atoms with Crippen molar-refractivity contribution in [2.75, 3.05) is 11.9 Å². The Morgan fingerprint density at radius 1 is 1.14 bits per heavy atom. The molecule has 5 heteroatoms. The fourth-order valence-corrected chi connectivity index (χ4v) is 1.95. The summed E-state index contributed by atoms with van der Waals surface area (Å²) in [6.07, 6.45) is 0. The molecule has 0 spiro atoms. The van der Waals surface area contributed by atoms with E-state index in [1.165, 1.54) is 6.92 Å². The molecule has 4 nitrogen and oxygen atoms in total. The molecule has 0 bridgehead atoms. The van der Waals surface area contributed by atoms with Gasteiger partial charge in [-0.2, -0.15) is 0 Å². The van der Waals surface area contributed by atoms with Crippen LogP contribution in [0, 0.1) is 0 Å². The van der Waals surface area contributed by atoms with Gasteiger partial charge in [-0.3, -0.25) is 9.59 Å². The van der Waals surface area contributed by atoms with Crippen molar-refractivity contribution < 1.29 is 14.3 Å². The number of carbonyl (C=O) groups is 2. The average Bonchev–Trinajstić information content (AvgIpc) is 2.48. The van der Waals surface area contributed by atoms with E-state index in [1.807, 2.05) is 12.1 Å². The molecular weight excluding hydrogens is 334 g/mol. The van der Waals surface area contributed by atoms with E-state index >= 15 is 0 Å². The summed E-state index contributed by atoms with van der Waals surface area (Å²) < 4.78 is 6.32. The van der Waals surface area contributed by atoms with E-state index in [1.54, 1.807) is 36.4 Å². The van der Waals surface area contributed by atoms with E-state index in [0.717, 1.165) is 4.47 Å². The van der Waals surface area contributed by atoms with Crippen molar-refractivity contribution in [3.8, 4) is 5.75 Å². The summed E-state index contributed by atoms with van der Waals surface area (Å²) in [5, 5.41) is 2.73. The standard InChI is InChI=1S/C16H14BrNO3/c1-11(19)12-3-2-4-15(9-12)21-10-16(20)18-14-7-5-13(17)6-8-14/h2-9H,10H2,1H3,(H,18,20). The van der Waals surface area contributed by atoms with Crippen LogP contribution in [0.1, 0.15) is 17.3 Å². The van der Waals surface area contributed by atoms with E-state index in [-0.39, 0.29) is 18.3 Å². The van der Waals surface area contributed by atoms with Gasteiger partial charge in [-0.25, -0.2) is 0 Å². The number of rotatable bonds is 5. The lowest BCUT2D eigenvalue weighted by Gasteiger charge is -2.08. The summed E-state index contributed by atoms with van der Waals surface area (Å²) in [4.78, 5) is 23.0. The number of anilines is 1. The Morgan fingerprint density at radius 2 is 1.86 bits per heavy atom. The number of hydrogen-bond donors (Lipinski definition) is 1. The topological polar surface area (TPSA) is 55.4 Å². The van der Waals surface area contributed by atoms with Crippen LogP contribution >= 0.6 is 15.9 Å². The zero-order chi connectivity index (χ0) is 15.2. The van der Waals surface area contributed by atoms with Crippen LogP contribution in [0.3, 0.4) is 0 Å². The first-order chi connectivity index (χ1) is 10.0. The molecule has 0 radical (unpaired) electrons. The van der Waals surface area contributed by atoms with Crippen molar-refractivity contribution in [2.24, 2.45) is 0 Å². The van der Waals surface area contributed by atoms with Crippen LogP contribution in [-0.4, -0.2) is 18.3 Å². The van der Waals surface area contributed by atoms with Crippen LogP contribution in [0.4, 0.5) is 5.69 Å². The zero-order valence-corrected chi connectivity index (χ0v) is 13.0. The minimum absolute atomic E-state index is 0.0419. The van der Waals surface area contributed by atoms with Gasteiger partial charge < -0.3 is 10.1 Å². The number of hydrogen-bond acceptors (Lipinski definition) is 3. The number of nitrogens with one attached hydrogen (secondary N) is 1. The number of halogens is 1. The molecule has 0 fully saturated rings. The van der Waals surface area contributed by atoms with Gasteiger partial charge in [0, 0.05) is 15.7 Å². The smallest absolute Gasteiger partial charge is 0.262 e. The fraction of sp³-hybridized carbons (Fsp3) is 0.125. The predicted octanol–water partition coefficient (Wildman–Crippen LogP) is 3.67. The monoisotopic (exact) mass is 347 g/mol. The molecule has 1 amide bonds. The van der Waals surface area contributed by atoms with Crippen molar-refractivity contribution >= 4 is 33.3 Å². The van der Waals surface area contributed by atoms with Crippen LogP contribution in [0.5, 0.6) is 5.75 Å². The molecule has 0 aliphatic carbocycles. The highest BCUT2D eigenvalue weighted by Crippen LogP contribution is 2.15. The van der Waals surface area contributed by atoms with Crippen LogP contribution < -0.4 is 10.1 Å². The van der Waals surface area contributed by atoms with Crippen molar-refractivity contribution in [3.05, 3.63) is 58.6 Å². The Morgan fingerprint density at radius 3 is 2.52 bits per heavy atom. The Hall–Kier alpha value is -2.14.